The Balaban J connectivity index is 1.62. The third kappa shape index (κ3) is 4.06. The largest absolute Gasteiger partial charge is 0.490 e. The van der Waals surface area contributed by atoms with E-state index in [2.05, 4.69) is 0 Å². The number of hydrogen-bond donors (Lipinski definition) is 1. The van der Waals surface area contributed by atoms with Crippen LogP contribution < -0.4 is 4.74 Å². The Bertz CT molecular complexity index is 635. The third-order valence-electron chi connectivity index (χ3n) is 4.70. The minimum Gasteiger partial charge on any atom is -0.490 e. The maximum Gasteiger partial charge on any atom is 0.410 e. The van der Waals surface area contributed by atoms with E-state index in [0.717, 1.165) is 25.7 Å². The van der Waals surface area contributed by atoms with Gasteiger partial charge in [0.1, 0.15) is 17.5 Å². The first-order chi connectivity index (χ1) is 11.7. The summed E-state index contributed by atoms with van der Waals surface area (Å²) in [6.07, 6.45) is 3.30. The summed E-state index contributed by atoms with van der Waals surface area (Å²) < 4.78 is 11.6. The van der Waals surface area contributed by atoms with Crippen LogP contribution in [0.1, 0.15) is 56.8 Å². The number of amides is 1. The molecule has 136 valence electrons. The fourth-order valence-corrected chi connectivity index (χ4v) is 3.70. The summed E-state index contributed by atoms with van der Waals surface area (Å²) in [5, 5.41) is 8.95. The van der Waals surface area contributed by atoms with Gasteiger partial charge in [0.25, 0.3) is 0 Å². The molecule has 2 bridgehead atoms. The fourth-order valence-electron chi connectivity index (χ4n) is 3.70. The number of carboxylic acids is 1. The first kappa shape index (κ1) is 17.6. The molecule has 25 heavy (non-hydrogen) atoms. The Hall–Kier alpha value is -2.24. The highest BCUT2D eigenvalue weighted by Crippen LogP contribution is 2.38. The molecule has 2 aliphatic heterocycles. The topological polar surface area (TPSA) is 76.1 Å². The maximum atomic E-state index is 12.4. The van der Waals surface area contributed by atoms with Crippen LogP contribution in [0.5, 0.6) is 5.75 Å². The standard InChI is InChI=1S/C19H25NO5/c1-19(2,3)25-18(23)20-13-6-7-14(20)11-16(10-13)24-15-8-4-12(5-9-15)17(21)22/h4-5,8-9,13-14,16H,6-7,10-11H2,1-3H3,(H,21,22)/t13-,14+,16?. The molecule has 2 aliphatic rings. The molecule has 0 spiro atoms. The van der Waals surface area contributed by atoms with Crippen molar-refractivity contribution in [2.24, 2.45) is 0 Å². The lowest BCUT2D eigenvalue weighted by atomic mass is 10.00. The molecule has 2 saturated heterocycles. The number of ether oxygens (including phenoxy) is 2. The highest BCUT2D eigenvalue weighted by molar-refractivity contribution is 5.87. The number of carbonyl (C=O) groups excluding carboxylic acids is 1. The quantitative estimate of drug-likeness (QED) is 0.902. The van der Waals surface area contributed by atoms with Crippen molar-refractivity contribution in [3.05, 3.63) is 29.8 Å². The monoisotopic (exact) mass is 347 g/mol. The molecule has 2 heterocycles. The second-order valence-corrected chi connectivity index (χ2v) is 7.81. The number of rotatable bonds is 3. The lowest BCUT2D eigenvalue weighted by Crippen LogP contribution is -2.50. The molecule has 6 heteroatoms. The number of nitrogens with zero attached hydrogens (tertiary/aromatic N) is 1. The number of carboxylic acid groups (broad SMARTS) is 1. The van der Waals surface area contributed by atoms with Crippen LogP contribution in [-0.4, -0.2) is 45.9 Å². The van der Waals surface area contributed by atoms with Gasteiger partial charge >= 0.3 is 12.1 Å². The van der Waals surface area contributed by atoms with Crippen molar-refractivity contribution in [2.75, 3.05) is 0 Å². The molecule has 3 atom stereocenters. The van der Waals surface area contributed by atoms with Gasteiger partial charge in [0.2, 0.25) is 0 Å². The number of fused-ring (bicyclic) bond motifs is 2. The molecular formula is C19H25NO5. The molecule has 2 fully saturated rings. The van der Waals surface area contributed by atoms with Gasteiger partial charge in [-0.15, -0.1) is 0 Å². The molecule has 1 N–H and O–H groups in total. The fraction of sp³-hybridized carbons (Fsp3) is 0.579. The Kier molecular flexibility index (Phi) is 4.62. The normalized spacial score (nSPS) is 25.6. The molecule has 1 unspecified atom stereocenters. The molecule has 6 nitrogen and oxygen atoms in total. The Morgan fingerprint density at radius 3 is 2.12 bits per heavy atom. The van der Waals surface area contributed by atoms with E-state index in [1.54, 1.807) is 24.3 Å². The average molecular weight is 347 g/mol. The van der Waals surface area contributed by atoms with Gasteiger partial charge < -0.3 is 19.5 Å². The smallest absolute Gasteiger partial charge is 0.410 e. The van der Waals surface area contributed by atoms with E-state index < -0.39 is 11.6 Å². The first-order valence-electron chi connectivity index (χ1n) is 8.74. The van der Waals surface area contributed by atoms with Crippen LogP contribution >= 0.6 is 0 Å². The second kappa shape index (κ2) is 6.58. The zero-order chi connectivity index (χ0) is 18.2. The van der Waals surface area contributed by atoms with Gasteiger partial charge in [-0.1, -0.05) is 0 Å². The van der Waals surface area contributed by atoms with Crippen molar-refractivity contribution >= 4 is 12.1 Å². The number of hydrogen-bond acceptors (Lipinski definition) is 4. The van der Waals surface area contributed by atoms with Gasteiger partial charge in [0.05, 0.1) is 5.56 Å². The van der Waals surface area contributed by atoms with Gasteiger partial charge in [-0.05, 0) is 57.9 Å². The zero-order valence-electron chi connectivity index (χ0n) is 14.9. The predicted molar refractivity (Wildman–Crippen MR) is 91.9 cm³/mol. The molecule has 1 aromatic carbocycles. The van der Waals surface area contributed by atoms with Crippen molar-refractivity contribution < 1.29 is 24.2 Å². The van der Waals surface area contributed by atoms with Crippen molar-refractivity contribution in [3.63, 3.8) is 0 Å². The summed E-state index contributed by atoms with van der Waals surface area (Å²) in [6, 6.07) is 6.76. The highest BCUT2D eigenvalue weighted by Gasteiger charge is 2.45. The minimum absolute atomic E-state index is 0.0341. The highest BCUT2D eigenvalue weighted by atomic mass is 16.6. The molecule has 3 rings (SSSR count). The first-order valence-corrected chi connectivity index (χ1v) is 8.74. The molecular weight excluding hydrogens is 322 g/mol. The number of aromatic carboxylic acids is 1. The number of carbonyl (C=O) groups is 2. The van der Waals surface area contributed by atoms with Crippen molar-refractivity contribution in [1.29, 1.82) is 0 Å². The molecule has 0 radical (unpaired) electrons. The van der Waals surface area contributed by atoms with Gasteiger partial charge in [0, 0.05) is 24.9 Å². The zero-order valence-corrected chi connectivity index (χ0v) is 14.9. The summed E-state index contributed by atoms with van der Waals surface area (Å²) in [5.41, 5.74) is -0.248. The van der Waals surface area contributed by atoms with Crippen molar-refractivity contribution in [2.45, 2.75) is 70.2 Å². The van der Waals surface area contributed by atoms with Gasteiger partial charge in [-0.3, -0.25) is 0 Å². The molecule has 0 aromatic heterocycles. The lowest BCUT2D eigenvalue weighted by molar-refractivity contribution is -0.00707. The minimum atomic E-state index is -0.949. The van der Waals surface area contributed by atoms with Crippen LogP contribution in [-0.2, 0) is 4.74 Å². The van der Waals surface area contributed by atoms with Crippen molar-refractivity contribution in [3.8, 4) is 5.75 Å². The number of benzene rings is 1. The van der Waals surface area contributed by atoms with E-state index >= 15 is 0 Å². The van der Waals surface area contributed by atoms with Crippen LogP contribution in [0.3, 0.4) is 0 Å². The Labute approximate surface area is 147 Å². The lowest BCUT2D eigenvalue weighted by Gasteiger charge is -2.39. The molecule has 0 aliphatic carbocycles. The van der Waals surface area contributed by atoms with E-state index in [-0.39, 0.29) is 29.8 Å². The summed E-state index contributed by atoms with van der Waals surface area (Å²) >= 11 is 0. The third-order valence-corrected chi connectivity index (χ3v) is 4.70. The SMILES string of the molecule is CC(C)(C)OC(=O)N1[C@@H]2CC[C@H]1CC(Oc1ccc(C(=O)O)cc1)C2. The Morgan fingerprint density at radius 1 is 1.08 bits per heavy atom. The predicted octanol–water partition coefficient (Wildman–Crippen LogP) is 3.69. The maximum absolute atomic E-state index is 12.4. The Morgan fingerprint density at radius 2 is 1.64 bits per heavy atom. The number of piperidine rings is 1. The van der Waals surface area contributed by atoms with Gasteiger partial charge in [-0.2, -0.15) is 0 Å². The summed E-state index contributed by atoms with van der Waals surface area (Å²) in [5.74, 6) is -0.282. The van der Waals surface area contributed by atoms with Crippen LogP contribution in [0.25, 0.3) is 0 Å². The van der Waals surface area contributed by atoms with Crippen LogP contribution in [0.4, 0.5) is 4.79 Å². The van der Waals surface area contributed by atoms with Crippen LogP contribution in [0, 0.1) is 0 Å². The molecule has 1 aromatic rings. The molecule has 1 amide bonds. The second-order valence-electron chi connectivity index (χ2n) is 7.81. The summed E-state index contributed by atoms with van der Waals surface area (Å²) in [4.78, 5) is 25.2. The van der Waals surface area contributed by atoms with E-state index in [9.17, 15) is 9.59 Å². The molecule has 0 saturated carbocycles. The van der Waals surface area contributed by atoms with Gasteiger partial charge in [-0.25, -0.2) is 9.59 Å². The van der Waals surface area contributed by atoms with Crippen LogP contribution in [0.2, 0.25) is 0 Å². The summed E-state index contributed by atoms with van der Waals surface area (Å²) in [6.45, 7) is 5.64. The van der Waals surface area contributed by atoms with E-state index in [0.29, 0.717) is 5.75 Å². The van der Waals surface area contributed by atoms with Crippen molar-refractivity contribution in [1.82, 2.24) is 4.90 Å². The average Bonchev–Trinajstić information content (AvgIpc) is 2.78. The summed E-state index contributed by atoms with van der Waals surface area (Å²) in [7, 11) is 0. The van der Waals surface area contributed by atoms with E-state index in [1.807, 2.05) is 25.7 Å². The van der Waals surface area contributed by atoms with Crippen LogP contribution in [0.15, 0.2) is 24.3 Å². The van der Waals surface area contributed by atoms with E-state index in [1.165, 1.54) is 0 Å². The van der Waals surface area contributed by atoms with E-state index in [4.69, 9.17) is 14.6 Å². The van der Waals surface area contributed by atoms with Gasteiger partial charge in [0.15, 0.2) is 0 Å².